The summed E-state index contributed by atoms with van der Waals surface area (Å²) in [5.41, 5.74) is 5.59. The van der Waals surface area contributed by atoms with E-state index in [-0.39, 0.29) is 64.7 Å². The molecule has 0 saturated carbocycles. The number of amides is 8. The third-order valence-corrected chi connectivity index (χ3v) is 9.72. The highest BCUT2D eigenvalue weighted by molar-refractivity contribution is 7.85. The molecule has 0 spiro atoms. The van der Waals surface area contributed by atoms with E-state index in [1.807, 2.05) is 6.92 Å². The van der Waals surface area contributed by atoms with Gasteiger partial charge >= 0.3 is 12.0 Å². The Labute approximate surface area is 337 Å². The number of hydrogen-bond donors (Lipinski definition) is 6. The lowest BCUT2D eigenvalue weighted by Crippen LogP contribution is -2.55. The van der Waals surface area contributed by atoms with Gasteiger partial charge in [0.2, 0.25) is 23.6 Å². The maximum atomic E-state index is 13.6. The maximum absolute atomic E-state index is 13.6. The molecule has 58 heavy (non-hydrogen) atoms. The number of carbonyl (C=O) groups excluding carboxylic acids is 8. The number of esters is 1. The smallest absolute Gasteiger partial charge is 0.312 e. The second-order valence-corrected chi connectivity index (χ2v) is 16.0. The average molecular weight is 838 g/mol. The number of ether oxygens (including phenoxy) is 2. The van der Waals surface area contributed by atoms with Crippen LogP contribution in [0.15, 0.2) is 36.4 Å². The zero-order valence-electron chi connectivity index (χ0n) is 33.4. The highest BCUT2D eigenvalue weighted by atomic mass is 32.2. The minimum Gasteiger partial charge on any atom is -0.460 e. The average Bonchev–Trinajstić information content (AvgIpc) is 3.46. The lowest BCUT2D eigenvalue weighted by Gasteiger charge is -2.27. The molecule has 2 atom stereocenters. The predicted molar refractivity (Wildman–Crippen MR) is 209 cm³/mol. The molecule has 0 radical (unpaired) electrons. The monoisotopic (exact) mass is 837 g/mol. The van der Waals surface area contributed by atoms with Crippen molar-refractivity contribution >= 4 is 63.2 Å². The van der Waals surface area contributed by atoms with E-state index in [0.29, 0.717) is 22.6 Å². The molecule has 1 aromatic rings. The summed E-state index contributed by atoms with van der Waals surface area (Å²) in [6.07, 6.45) is 2.58. The summed E-state index contributed by atoms with van der Waals surface area (Å²) in [6.45, 7) is 7.27. The molecule has 0 aliphatic carbocycles. The molecule has 1 aliphatic heterocycles. The third kappa shape index (κ3) is 17.4. The summed E-state index contributed by atoms with van der Waals surface area (Å²) in [7, 11) is -4.30. The van der Waals surface area contributed by atoms with Crippen LogP contribution in [-0.2, 0) is 59.8 Å². The maximum Gasteiger partial charge on any atom is 0.312 e. The summed E-state index contributed by atoms with van der Waals surface area (Å²) in [4.78, 5) is 103. The van der Waals surface area contributed by atoms with Gasteiger partial charge in [0.25, 0.3) is 21.9 Å². The molecule has 21 heteroatoms. The van der Waals surface area contributed by atoms with E-state index in [1.54, 1.807) is 52.0 Å². The Morgan fingerprint density at radius 1 is 0.948 bits per heavy atom. The normalized spacial score (nSPS) is 13.8. The summed E-state index contributed by atoms with van der Waals surface area (Å²) in [6, 6.07) is 3.51. The standard InChI is InChI=1S/C37H55N7O13S/c1-6-37(4,5)35(51)57-23-25-9-11-26(12-10-25)40-33(49)27(8-7-16-39-36(38)52)41-34(50)32(24(2)3)42-28(45)15-17-43(18-19-56-20-21-58(53,54)55)31(48)22-44-29(46)13-14-30(44)47/h9-14,24,27,32H,6-8,15-23H2,1-5H3,(H,40,49)(H,41,50)(H,42,45)(H3,38,39,52)(H,53,54,55)/t27-,32?/m0/s1. The van der Waals surface area contributed by atoms with Crippen molar-refractivity contribution in [3.05, 3.63) is 42.0 Å². The minimum atomic E-state index is -4.30. The molecular formula is C37H55N7O13S. The molecule has 1 aromatic carbocycles. The van der Waals surface area contributed by atoms with Crippen LogP contribution in [0.1, 0.15) is 65.9 Å². The Morgan fingerprint density at radius 2 is 1.59 bits per heavy atom. The number of urea groups is 1. The second kappa shape index (κ2) is 23.1. The first-order chi connectivity index (χ1) is 27.1. The van der Waals surface area contributed by atoms with Crippen LogP contribution in [0.3, 0.4) is 0 Å². The lowest BCUT2D eigenvalue weighted by atomic mass is 9.91. The van der Waals surface area contributed by atoms with Gasteiger partial charge in [-0.15, -0.1) is 0 Å². The van der Waals surface area contributed by atoms with Crippen molar-refractivity contribution in [3.63, 3.8) is 0 Å². The van der Waals surface area contributed by atoms with Crippen LogP contribution in [-0.4, -0.2) is 127 Å². The molecule has 20 nitrogen and oxygen atoms in total. The molecule has 8 amide bonds. The van der Waals surface area contributed by atoms with Crippen LogP contribution in [0.4, 0.5) is 10.5 Å². The van der Waals surface area contributed by atoms with E-state index in [4.69, 9.17) is 19.8 Å². The second-order valence-electron chi connectivity index (χ2n) is 14.4. The van der Waals surface area contributed by atoms with Crippen molar-refractivity contribution in [2.75, 3.05) is 50.5 Å². The van der Waals surface area contributed by atoms with Gasteiger partial charge in [-0.1, -0.05) is 32.9 Å². The van der Waals surface area contributed by atoms with Crippen molar-refractivity contribution < 1.29 is 60.8 Å². The van der Waals surface area contributed by atoms with Gasteiger partial charge in [-0.25, -0.2) is 4.79 Å². The van der Waals surface area contributed by atoms with Crippen molar-refractivity contribution in [2.24, 2.45) is 17.1 Å². The zero-order valence-corrected chi connectivity index (χ0v) is 34.2. The van der Waals surface area contributed by atoms with Crippen molar-refractivity contribution in [2.45, 2.75) is 79.0 Å². The van der Waals surface area contributed by atoms with Crippen molar-refractivity contribution in [3.8, 4) is 0 Å². The zero-order chi connectivity index (χ0) is 43.6. The van der Waals surface area contributed by atoms with E-state index < -0.39 is 87.3 Å². The first-order valence-corrected chi connectivity index (χ1v) is 20.3. The van der Waals surface area contributed by atoms with Gasteiger partial charge in [0.05, 0.1) is 24.4 Å². The quantitative estimate of drug-likeness (QED) is 0.0333. The molecular weight excluding hydrogens is 783 g/mol. The van der Waals surface area contributed by atoms with Gasteiger partial charge in [-0.2, -0.15) is 8.42 Å². The number of carbonyl (C=O) groups is 8. The van der Waals surface area contributed by atoms with E-state index >= 15 is 0 Å². The molecule has 0 bridgehead atoms. The third-order valence-electron chi connectivity index (χ3n) is 9.04. The first-order valence-electron chi connectivity index (χ1n) is 18.7. The summed E-state index contributed by atoms with van der Waals surface area (Å²) < 4.78 is 41.5. The number of rotatable bonds is 25. The number of hydrogen-bond acceptors (Lipinski definition) is 12. The van der Waals surface area contributed by atoms with Crippen LogP contribution >= 0.6 is 0 Å². The molecule has 1 unspecified atom stereocenters. The number of benzene rings is 1. The fourth-order valence-electron chi connectivity index (χ4n) is 5.09. The Morgan fingerprint density at radius 3 is 2.16 bits per heavy atom. The van der Waals surface area contributed by atoms with E-state index in [1.165, 1.54) is 0 Å². The molecule has 1 aliphatic rings. The predicted octanol–water partition coefficient (Wildman–Crippen LogP) is 0.227. The molecule has 1 heterocycles. The minimum absolute atomic E-state index is 0.0329. The van der Waals surface area contributed by atoms with Gasteiger partial charge in [-0.05, 0) is 56.7 Å². The lowest BCUT2D eigenvalue weighted by molar-refractivity contribution is -0.155. The number of anilines is 1. The largest absolute Gasteiger partial charge is 0.460 e. The number of primary amides is 1. The van der Waals surface area contributed by atoms with E-state index in [9.17, 15) is 46.8 Å². The SMILES string of the molecule is CCC(C)(C)C(=O)OCc1ccc(NC(=O)[C@H](CCCNC(N)=O)NC(=O)C(NC(=O)CCN(CCOCCS(=O)(=O)O)C(=O)CN2C(=O)C=CC2=O)C(C)C)cc1. The Balaban J connectivity index is 2.11. The van der Waals surface area contributed by atoms with Crippen molar-refractivity contribution in [1.29, 1.82) is 0 Å². The van der Waals surface area contributed by atoms with E-state index in [0.717, 1.165) is 17.1 Å². The van der Waals surface area contributed by atoms with Crippen LogP contribution in [0, 0.1) is 11.3 Å². The van der Waals surface area contributed by atoms with Gasteiger partial charge in [0, 0.05) is 43.9 Å². The summed E-state index contributed by atoms with van der Waals surface area (Å²) >= 11 is 0. The van der Waals surface area contributed by atoms with Crippen LogP contribution < -0.4 is 27.0 Å². The van der Waals surface area contributed by atoms with Crippen molar-refractivity contribution in [1.82, 2.24) is 25.8 Å². The fourth-order valence-corrected chi connectivity index (χ4v) is 5.42. The van der Waals surface area contributed by atoms with Crippen LogP contribution in [0.5, 0.6) is 0 Å². The fraction of sp³-hybridized carbons (Fsp3) is 0.568. The molecule has 0 aromatic heterocycles. The van der Waals surface area contributed by atoms with Gasteiger partial charge in [0.1, 0.15) is 25.2 Å². The first kappa shape index (κ1) is 48.7. The van der Waals surface area contributed by atoms with E-state index in [2.05, 4.69) is 21.3 Å². The molecule has 2 rings (SSSR count). The Kier molecular flexibility index (Phi) is 19.4. The number of nitrogens with one attached hydrogen (secondary N) is 4. The highest BCUT2D eigenvalue weighted by Gasteiger charge is 2.31. The van der Waals surface area contributed by atoms with Gasteiger partial charge in [0.15, 0.2) is 0 Å². The molecule has 7 N–H and O–H groups in total. The number of nitrogens with two attached hydrogens (primary N) is 1. The Bertz CT molecular complexity index is 1760. The summed E-state index contributed by atoms with van der Waals surface area (Å²) in [5.74, 6) is -5.59. The topological polar surface area (TPSA) is 290 Å². The van der Waals surface area contributed by atoms with Gasteiger partial charge in [-0.3, -0.25) is 43.0 Å². The van der Waals surface area contributed by atoms with Crippen LogP contribution in [0.2, 0.25) is 0 Å². The summed E-state index contributed by atoms with van der Waals surface area (Å²) in [5, 5.41) is 10.5. The molecule has 0 saturated heterocycles. The number of nitrogens with zero attached hydrogens (tertiary/aromatic N) is 2. The molecule has 322 valence electrons. The molecule has 0 fully saturated rings. The Hall–Kier alpha value is -5.41. The highest BCUT2D eigenvalue weighted by Crippen LogP contribution is 2.22. The number of imide groups is 1. The van der Waals surface area contributed by atoms with Crippen LogP contribution in [0.25, 0.3) is 0 Å². The van der Waals surface area contributed by atoms with Gasteiger partial charge < -0.3 is 41.4 Å².